The van der Waals surface area contributed by atoms with Crippen molar-refractivity contribution in [2.75, 3.05) is 13.7 Å². The summed E-state index contributed by atoms with van der Waals surface area (Å²) in [6.07, 6.45) is 3.69. The molecule has 2 aliphatic rings. The zero-order valence-corrected chi connectivity index (χ0v) is 15.0. The van der Waals surface area contributed by atoms with E-state index in [0.717, 1.165) is 17.3 Å². The van der Waals surface area contributed by atoms with E-state index >= 15 is 0 Å². The predicted octanol–water partition coefficient (Wildman–Crippen LogP) is 1.88. The summed E-state index contributed by atoms with van der Waals surface area (Å²) in [4.78, 5) is 22.3. The molecular formula is C17H19N3O5S. The summed E-state index contributed by atoms with van der Waals surface area (Å²) in [6.45, 7) is 0.674. The van der Waals surface area contributed by atoms with Crippen LogP contribution in [0.5, 0.6) is 11.5 Å². The van der Waals surface area contributed by atoms with E-state index in [4.69, 9.17) is 14.6 Å². The van der Waals surface area contributed by atoms with Crippen molar-refractivity contribution in [2.24, 2.45) is 16.1 Å². The number of amidine groups is 1. The average Bonchev–Trinajstić information content (AvgIpc) is 3.37. The van der Waals surface area contributed by atoms with Gasteiger partial charge in [-0.1, -0.05) is 11.8 Å². The van der Waals surface area contributed by atoms with Crippen LogP contribution in [0.2, 0.25) is 0 Å². The van der Waals surface area contributed by atoms with Gasteiger partial charge in [0.1, 0.15) is 5.25 Å². The monoisotopic (exact) mass is 377 g/mol. The Morgan fingerprint density at radius 2 is 2.23 bits per heavy atom. The summed E-state index contributed by atoms with van der Waals surface area (Å²) in [5.74, 6) is 0.543. The lowest BCUT2D eigenvalue weighted by atomic mass is 10.2. The molecule has 1 heterocycles. The Labute approximate surface area is 154 Å². The molecular weight excluding hydrogens is 358 g/mol. The highest BCUT2D eigenvalue weighted by atomic mass is 32.2. The van der Waals surface area contributed by atoms with Gasteiger partial charge in [-0.25, -0.2) is 0 Å². The van der Waals surface area contributed by atoms with Crippen LogP contribution in [0, 0.1) is 5.92 Å². The number of carbonyl (C=O) groups excluding carboxylic acids is 1. The highest BCUT2D eigenvalue weighted by Gasteiger charge is 2.32. The maximum Gasteiger partial charge on any atom is 0.305 e. The van der Waals surface area contributed by atoms with Crippen molar-refractivity contribution < 1.29 is 24.2 Å². The van der Waals surface area contributed by atoms with E-state index < -0.39 is 11.2 Å². The van der Waals surface area contributed by atoms with Crippen LogP contribution in [0.1, 0.15) is 24.8 Å². The molecule has 0 bridgehead atoms. The van der Waals surface area contributed by atoms with Crippen LogP contribution in [0.4, 0.5) is 0 Å². The van der Waals surface area contributed by atoms with Gasteiger partial charge < -0.3 is 19.9 Å². The van der Waals surface area contributed by atoms with Gasteiger partial charge >= 0.3 is 5.97 Å². The molecule has 0 radical (unpaired) electrons. The van der Waals surface area contributed by atoms with Crippen molar-refractivity contribution in [3.63, 3.8) is 0 Å². The molecule has 1 aromatic carbocycles. The minimum absolute atomic E-state index is 0.251. The summed E-state index contributed by atoms with van der Waals surface area (Å²) in [5.41, 5.74) is 0.775. The second-order valence-corrected chi connectivity index (χ2v) is 7.20. The van der Waals surface area contributed by atoms with E-state index in [0.29, 0.717) is 24.0 Å². The molecule has 1 atom stereocenters. The first-order valence-electron chi connectivity index (χ1n) is 8.16. The minimum Gasteiger partial charge on any atom is -0.493 e. The van der Waals surface area contributed by atoms with Crippen LogP contribution >= 0.6 is 11.8 Å². The van der Waals surface area contributed by atoms with Crippen LogP contribution in [0.3, 0.4) is 0 Å². The van der Waals surface area contributed by atoms with E-state index in [9.17, 15) is 9.59 Å². The number of amides is 1. The average molecular weight is 377 g/mol. The largest absolute Gasteiger partial charge is 0.493 e. The number of nitrogens with zero attached hydrogens (tertiary/aromatic N) is 2. The fourth-order valence-electron chi connectivity index (χ4n) is 2.27. The molecule has 1 aliphatic heterocycles. The first-order valence-corrected chi connectivity index (χ1v) is 9.04. The van der Waals surface area contributed by atoms with Crippen LogP contribution in [0.15, 0.2) is 28.4 Å². The summed E-state index contributed by atoms with van der Waals surface area (Å²) < 4.78 is 11.1. The molecule has 1 unspecified atom stereocenters. The number of carbonyl (C=O) groups is 2. The van der Waals surface area contributed by atoms with Gasteiger partial charge in [0.05, 0.1) is 26.4 Å². The number of nitrogens with one attached hydrogen (secondary N) is 1. The molecule has 138 valence electrons. The van der Waals surface area contributed by atoms with Crippen molar-refractivity contribution in [3.8, 4) is 11.5 Å². The summed E-state index contributed by atoms with van der Waals surface area (Å²) in [6, 6.07) is 5.43. The zero-order valence-electron chi connectivity index (χ0n) is 14.2. The number of carboxylic acid groups (broad SMARTS) is 1. The topological polar surface area (TPSA) is 110 Å². The van der Waals surface area contributed by atoms with Gasteiger partial charge in [0, 0.05) is 0 Å². The van der Waals surface area contributed by atoms with Crippen molar-refractivity contribution in [3.05, 3.63) is 23.8 Å². The lowest BCUT2D eigenvalue weighted by Crippen LogP contribution is -2.26. The molecule has 2 fully saturated rings. The number of methoxy groups -OCH3 is 1. The maximum absolute atomic E-state index is 11.6. The molecule has 0 spiro atoms. The van der Waals surface area contributed by atoms with Gasteiger partial charge in [-0.05, 0) is 42.5 Å². The van der Waals surface area contributed by atoms with E-state index in [-0.39, 0.29) is 17.5 Å². The van der Waals surface area contributed by atoms with Gasteiger partial charge in [0.25, 0.3) is 0 Å². The molecule has 1 aromatic rings. The molecule has 2 N–H and O–H groups in total. The van der Waals surface area contributed by atoms with E-state index in [1.54, 1.807) is 13.2 Å². The molecule has 1 aliphatic carbocycles. The summed E-state index contributed by atoms with van der Waals surface area (Å²) in [5, 5.41) is 18.8. The Morgan fingerprint density at radius 1 is 1.42 bits per heavy atom. The van der Waals surface area contributed by atoms with E-state index in [1.807, 2.05) is 12.1 Å². The maximum atomic E-state index is 11.6. The molecule has 9 heteroatoms. The Balaban J connectivity index is 1.63. The Morgan fingerprint density at radius 3 is 2.92 bits per heavy atom. The van der Waals surface area contributed by atoms with Crippen LogP contribution in [0.25, 0.3) is 0 Å². The first kappa shape index (κ1) is 18.2. The van der Waals surface area contributed by atoms with Crippen LogP contribution < -0.4 is 14.8 Å². The standard InChI is InChI=1S/C17H19N3O5S/c1-24-12-5-4-11(6-13(12)25-9-10-2-3-10)8-18-20-17-19-16(23)14(26-17)7-15(21)22/h4-6,8,10,14H,2-3,7,9H2,1H3,(H,21,22)(H,19,20,23). The molecule has 0 aromatic heterocycles. The fourth-order valence-corrected chi connectivity index (χ4v) is 3.19. The number of carboxylic acids is 1. The van der Waals surface area contributed by atoms with E-state index in [2.05, 4.69) is 15.5 Å². The Hall–Kier alpha value is -2.55. The molecule has 8 nitrogen and oxygen atoms in total. The van der Waals surface area contributed by atoms with E-state index in [1.165, 1.54) is 19.1 Å². The highest BCUT2D eigenvalue weighted by Crippen LogP contribution is 2.33. The number of rotatable bonds is 8. The van der Waals surface area contributed by atoms with Crippen molar-refractivity contribution in [1.29, 1.82) is 0 Å². The third kappa shape index (κ3) is 4.98. The molecule has 1 saturated carbocycles. The smallest absolute Gasteiger partial charge is 0.305 e. The lowest BCUT2D eigenvalue weighted by molar-refractivity contribution is -0.138. The second-order valence-electron chi connectivity index (χ2n) is 6.01. The highest BCUT2D eigenvalue weighted by molar-refractivity contribution is 8.15. The number of hydrogen-bond acceptors (Lipinski definition) is 7. The zero-order chi connectivity index (χ0) is 18.5. The van der Waals surface area contributed by atoms with Crippen LogP contribution in [-0.2, 0) is 9.59 Å². The normalized spacial score (nSPS) is 21.2. The molecule has 3 rings (SSSR count). The predicted molar refractivity (Wildman–Crippen MR) is 98.0 cm³/mol. The van der Waals surface area contributed by atoms with Gasteiger partial charge in [-0.3, -0.25) is 9.59 Å². The second kappa shape index (κ2) is 8.22. The number of ether oxygens (including phenoxy) is 2. The lowest BCUT2D eigenvalue weighted by Gasteiger charge is -2.10. The Kier molecular flexibility index (Phi) is 5.77. The molecule has 26 heavy (non-hydrogen) atoms. The van der Waals surface area contributed by atoms with Gasteiger partial charge in [-0.15, -0.1) is 5.10 Å². The number of hydrogen-bond donors (Lipinski definition) is 2. The summed E-state index contributed by atoms with van der Waals surface area (Å²) >= 11 is 1.06. The number of benzene rings is 1. The third-order valence-corrected chi connectivity index (χ3v) is 4.92. The van der Waals surface area contributed by atoms with Gasteiger partial charge in [0.15, 0.2) is 16.7 Å². The minimum atomic E-state index is -1.03. The van der Waals surface area contributed by atoms with Crippen molar-refractivity contribution in [2.45, 2.75) is 24.5 Å². The SMILES string of the molecule is COc1ccc(C=NN=C2NC(=O)C(CC(=O)O)S2)cc1OCC1CC1. The Bertz CT molecular complexity index is 761. The van der Waals surface area contributed by atoms with Crippen LogP contribution in [-0.4, -0.2) is 47.3 Å². The molecule has 1 amide bonds. The molecule has 1 saturated heterocycles. The number of aliphatic carboxylic acids is 1. The fraction of sp³-hybridized carbons (Fsp3) is 0.412. The third-order valence-electron chi connectivity index (χ3n) is 3.85. The summed E-state index contributed by atoms with van der Waals surface area (Å²) in [7, 11) is 1.59. The number of thioether (sulfide) groups is 1. The van der Waals surface area contributed by atoms with Crippen molar-refractivity contribution >= 4 is 35.0 Å². The quantitative estimate of drug-likeness (QED) is 0.529. The van der Waals surface area contributed by atoms with Gasteiger partial charge in [0.2, 0.25) is 5.91 Å². The van der Waals surface area contributed by atoms with Gasteiger partial charge in [-0.2, -0.15) is 5.10 Å². The first-order chi connectivity index (χ1) is 12.5. The van der Waals surface area contributed by atoms with Crippen molar-refractivity contribution in [1.82, 2.24) is 5.32 Å².